The number of carbonyl (C=O) groups is 2. The Bertz CT molecular complexity index is 5740. The van der Waals surface area contributed by atoms with Gasteiger partial charge in [-0.15, -0.1) is 0 Å². The van der Waals surface area contributed by atoms with Gasteiger partial charge in [-0.2, -0.15) is 0 Å². The maximum atomic E-state index is 12.4. The molecule has 0 spiro atoms. The molecule has 0 aromatic heterocycles. The van der Waals surface area contributed by atoms with Crippen molar-refractivity contribution in [2.45, 2.75) is 38.5 Å². The van der Waals surface area contributed by atoms with E-state index < -0.39 is 40.4 Å². The van der Waals surface area contributed by atoms with Gasteiger partial charge < -0.3 is 69.5 Å². The zero-order chi connectivity index (χ0) is 70.7. The molecule has 0 radical (unpaired) electrons. The van der Waals surface area contributed by atoms with Crippen LogP contribution in [0.1, 0.15) is 76.4 Å². The lowest BCUT2D eigenvalue weighted by atomic mass is 9.76. The summed E-state index contributed by atoms with van der Waals surface area (Å²) in [5.74, 6) is -0.113. The van der Waals surface area contributed by atoms with E-state index in [1.807, 2.05) is 158 Å². The van der Waals surface area contributed by atoms with E-state index in [0.29, 0.717) is 94.5 Å². The van der Waals surface area contributed by atoms with E-state index in [2.05, 4.69) is 18.2 Å². The van der Waals surface area contributed by atoms with Crippen molar-refractivity contribution >= 4 is 118 Å². The fraction of sp³-hybridized carbons (Fsp3) is 0.0714. The van der Waals surface area contributed by atoms with Crippen LogP contribution in [0.5, 0.6) is 23.0 Å². The Hall–Kier alpha value is -11.4. The molecule has 0 amide bonds. The van der Waals surface area contributed by atoms with Gasteiger partial charge in [-0.05, 0) is 168 Å². The highest BCUT2D eigenvalue weighted by atomic mass is 16.5. The highest BCUT2D eigenvalue weighted by Gasteiger charge is 2.28. The molecule has 2 aliphatic heterocycles. The van der Waals surface area contributed by atoms with Crippen molar-refractivity contribution in [2.24, 2.45) is 0 Å². The third-order valence-electron chi connectivity index (χ3n) is 19.2. The second-order valence-corrected chi connectivity index (χ2v) is 25.4. The smallest absolute Gasteiger partial charge is 0.488 e. The number of hydrogen-bond donors (Lipinski definition) is 8. The Morgan fingerprint density at radius 3 is 1.20 bits per heavy atom. The van der Waals surface area contributed by atoms with Gasteiger partial charge in [-0.3, -0.25) is 0 Å². The maximum Gasteiger partial charge on any atom is 0.488 e. The molecule has 0 aliphatic carbocycles. The number of carbonyl (C=O) groups excluding carboxylic acids is 2. The van der Waals surface area contributed by atoms with Crippen LogP contribution < -0.4 is 62.4 Å². The molecule has 2 heterocycles. The van der Waals surface area contributed by atoms with Crippen molar-refractivity contribution in [2.75, 3.05) is 0 Å². The molecule has 102 heavy (non-hydrogen) atoms. The standard InChI is InChI=1S/C44H34B2O7.C40H32B2O7/c47-44(48)36-10-4-3-9-35(36)41-37-23-19-31-25-27(13-17-29-7-1-5-11-39(29)45(49)50)15-21-33(31)42(37)53-43-34-22-16-28(26-32(34)20-24-38(41)43)14-18-30-8-2-6-12-40(30)46(51)52;43-40(44)32-10-4-3-9-31(32)38-33-21-16-26(14-18-28-8-2-6-12-36(28)42(47)48)24-37(33)49-39-30-20-15-25(23-29(30)19-22-34(38)39)13-17-27-7-1-5-11-35(27)41(45)46/h1-13,15-16,19-26,49-52H,14,17-18H2,(H,47,48);1-12,14-16,19-24,45-48H,13,17-18H2,(H,43,44)/p-2/b27-13-;26-14+. The SMILES string of the molecule is O=C([O-])c1ccccc1C1=c2cc/c(=C\Cc3ccccc3B(O)O)cc2Oc2c1ccc1cc(CCc3ccccc3B(O)O)ccc21.O=C([O-])c1ccccc1C1=c2ccc3c/c(=C\Cc4ccccc4B(O)O)ccc3c2Oc2c1ccc1cc(CCc3ccccc3B(O)O)ccc21. The summed E-state index contributed by atoms with van der Waals surface area (Å²) in [6.45, 7) is 0. The zero-order valence-corrected chi connectivity index (χ0v) is 55.0. The molecule has 498 valence electrons. The number of fused-ring (bicyclic) bond motifs is 10. The lowest BCUT2D eigenvalue weighted by Crippen LogP contribution is -2.33. The molecule has 2 aliphatic rings. The third-order valence-corrected chi connectivity index (χ3v) is 19.2. The number of benzene rings is 13. The summed E-state index contributed by atoms with van der Waals surface area (Å²) in [4.78, 5) is 24.7. The Kier molecular flexibility index (Phi) is 19.6. The van der Waals surface area contributed by atoms with Gasteiger partial charge in [0, 0.05) is 60.0 Å². The second-order valence-electron chi connectivity index (χ2n) is 25.4. The Labute approximate surface area is 588 Å². The number of ether oxygens (including phenoxy) is 2. The molecule has 0 bridgehead atoms. The number of aromatic carboxylic acids is 2. The van der Waals surface area contributed by atoms with E-state index in [4.69, 9.17) is 9.47 Å². The lowest BCUT2D eigenvalue weighted by Gasteiger charge is -2.25. The zero-order valence-electron chi connectivity index (χ0n) is 55.0. The minimum Gasteiger partial charge on any atom is -0.545 e. The summed E-state index contributed by atoms with van der Waals surface area (Å²) in [7, 11) is -6.20. The topological polar surface area (TPSA) is 261 Å². The van der Waals surface area contributed by atoms with Gasteiger partial charge >= 0.3 is 28.5 Å². The first-order valence-electron chi connectivity index (χ1n) is 33.5. The summed E-state index contributed by atoms with van der Waals surface area (Å²) >= 11 is 0. The number of aryl methyl sites for hydroxylation is 4. The minimum atomic E-state index is -1.58. The monoisotopic (exact) mass is 1340 g/mol. The van der Waals surface area contributed by atoms with E-state index >= 15 is 0 Å². The molecule has 0 atom stereocenters. The van der Waals surface area contributed by atoms with Crippen LogP contribution in [0.3, 0.4) is 0 Å². The van der Waals surface area contributed by atoms with Gasteiger partial charge in [-0.1, -0.05) is 231 Å². The highest BCUT2D eigenvalue weighted by molar-refractivity contribution is 6.60. The van der Waals surface area contributed by atoms with Crippen LogP contribution in [0.2, 0.25) is 0 Å². The Balaban J connectivity index is 0.000000173. The molecule has 14 nitrogen and oxygen atoms in total. The summed E-state index contributed by atoms with van der Waals surface area (Å²) in [5, 5.41) is 112. The molecule has 0 fully saturated rings. The van der Waals surface area contributed by atoms with Gasteiger partial charge in [0.25, 0.3) is 0 Å². The largest absolute Gasteiger partial charge is 0.545 e. The lowest BCUT2D eigenvalue weighted by molar-refractivity contribution is -0.256. The first-order valence-corrected chi connectivity index (χ1v) is 33.5. The fourth-order valence-electron chi connectivity index (χ4n) is 14.2. The predicted molar refractivity (Wildman–Crippen MR) is 398 cm³/mol. The molecule has 8 N–H and O–H groups in total. The molecular formula is C84H64B4O14-2. The van der Waals surface area contributed by atoms with Crippen LogP contribution in [0, 0.1) is 0 Å². The summed E-state index contributed by atoms with van der Waals surface area (Å²) in [6, 6.07) is 78.8. The Morgan fingerprint density at radius 1 is 0.333 bits per heavy atom. The van der Waals surface area contributed by atoms with Crippen LogP contribution in [0.4, 0.5) is 0 Å². The minimum absolute atomic E-state index is 0.0785. The average Bonchev–Trinajstić information content (AvgIpc) is 0.735. The van der Waals surface area contributed by atoms with Gasteiger partial charge in [0.05, 0.1) is 11.9 Å². The van der Waals surface area contributed by atoms with Gasteiger partial charge in [-0.25, -0.2) is 0 Å². The van der Waals surface area contributed by atoms with E-state index in [1.54, 1.807) is 91.0 Å². The molecule has 0 unspecified atom stereocenters. The first-order chi connectivity index (χ1) is 49.5. The third kappa shape index (κ3) is 13.8. The summed E-state index contributed by atoms with van der Waals surface area (Å²) in [5.41, 5.74) is 11.6. The fourth-order valence-corrected chi connectivity index (χ4v) is 14.2. The van der Waals surface area contributed by atoms with Crippen LogP contribution >= 0.6 is 0 Å². The van der Waals surface area contributed by atoms with Crippen molar-refractivity contribution in [1.29, 1.82) is 0 Å². The molecule has 0 saturated heterocycles. The van der Waals surface area contributed by atoms with Crippen LogP contribution in [-0.4, -0.2) is 80.6 Å². The van der Waals surface area contributed by atoms with E-state index in [0.717, 1.165) is 109 Å². The quantitative estimate of drug-likeness (QED) is 0.0547. The number of hydrogen-bond acceptors (Lipinski definition) is 14. The normalized spacial score (nSPS) is 12.4. The second kappa shape index (κ2) is 29.4. The molecule has 15 rings (SSSR count). The van der Waals surface area contributed by atoms with Crippen molar-refractivity contribution in [3.05, 3.63) is 342 Å². The van der Waals surface area contributed by atoms with Crippen LogP contribution in [0.25, 0.3) is 55.6 Å². The first kappa shape index (κ1) is 67.8. The number of carboxylic acids is 2. The maximum absolute atomic E-state index is 12.4. The number of rotatable bonds is 18. The summed E-state index contributed by atoms with van der Waals surface area (Å²) in [6.07, 6.45) is 7.63. The Morgan fingerprint density at radius 2 is 0.706 bits per heavy atom. The van der Waals surface area contributed by atoms with E-state index in [1.165, 1.54) is 0 Å². The number of carboxylic acid groups (broad SMARTS) is 2. The van der Waals surface area contributed by atoms with Crippen molar-refractivity contribution < 1.29 is 69.5 Å². The average molecular weight is 1340 g/mol. The molecule has 0 saturated carbocycles. The van der Waals surface area contributed by atoms with Gasteiger partial charge in [0.2, 0.25) is 0 Å². The van der Waals surface area contributed by atoms with Gasteiger partial charge in [0.15, 0.2) is 0 Å². The molecule has 18 heteroatoms. The van der Waals surface area contributed by atoms with Gasteiger partial charge in [0.1, 0.15) is 23.0 Å². The van der Waals surface area contributed by atoms with Crippen LogP contribution in [0.15, 0.2) is 255 Å². The van der Waals surface area contributed by atoms with E-state index in [9.17, 15) is 60.0 Å². The molecule has 13 aromatic rings. The van der Waals surface area contributed by atoms with E-state index in [-0.39, 0.29) is 11.1 Å². The summed E-state index contributed by atoms with van der Waals surface area (Å²) < 4.78 is 13.5. The van der Waals surface area contributed by atoms with Crippen LogP contribution in [-0.2, 0) is 38.5 Å². The highest BCUT2D eigenvalue weighted by Crippen LogP contribution is 2.45. The van der Waals surface area contributed by atoms with Crippen molar-refractivity contribution in [3.8, 4) is 23.0 Å². The molecular weight excluding hydrogens is 1280 g/mol. The molecule has 13 aromatic carbocycles. The van der Waals surface area contributed by atoms with Crippen molar-refractivity contribution in [3.63, 3.8) is 0 Å². The van der Waals surface area contributed by atoms with Crippen molar-refractivity contribution in [1.82, 2.24) is 0 Å². The predicted octanol–water partition coefficient (Wildman–Crippen LogP) is 4.60.